The summed E-state index contributed by atoms with van der Waals surface area (Å²) in [5.41, 5.74) is 5.68. The van der Waals surface area contributed by atoms with Crippen molar-refractivity contribution >= 4 is 35.0 Å². The predicted molar refractivity (Wildman–Crippen MR) is 212 cm³/mol. The SMILES string of the molecule is COC(=O)N[C@H](C(=O)N1CCC[C@H]1c1nc2ccc(C#Cc3ccc(-c4cnc([C@@H]5CCCN5C(=O)[C@H](NC(=O)OC)c5ccccc5)[nH]4)cc3)cc2[nH]1)C(C)C. The molecule has 294 valence electrons. The number of amides is 4. The molecular formula is C43H46N8O6. The van der Waals surface area contributed by atoms with Crippen LogP contribution in [0, 0.1) is 17.8 Å². The van der Waals surface area contributed by atoms with Crippen molar-refractivity contribution in [3.05, 3.63) is 107 Å². The van der Waals surface area contributed by atoms with Crippen molar-refractivity contribution in [2.45, 2.75) is 63.7 Å². The largest absolute Gasteiger partial charge is 0.453 e. The molecule has 4 N–H and O–H groups in total. The number of imidazole rings is 2. The maximum absolute atomic E-state index is 13.9. The van der Waals surface area contributed by atoms with E-state index >= 15 is 0 Å². The summed E-state index contributed by atoms with van der Waals surface area (Å²) in [4.78, 5) is 71.5. The van der Waals surface area contributed by atoms with Crippen molar-refractivity contribution in [3.8, 4) is 23.1 Å². The fourth-order valence-corrected chi connectivity index (χ4v) is 7.58. The normalized spacial score (nSPS) is 17.5. The van der Waals surface area contributed by atoms with Gasteiger partial charge in [-0.15, -0.1) is 0 Å². The Bertz CT molecular complexity index is 2310. The fourth-order valence-electron chi connectivity index (χ4n) is 7.58. The highest BCUT2D eigenvalue weighted by molar-refractivity contribution is 5.88. The first-order valence-electron chi connectivity index (χ1n) is 19.2. The van der Waals surface area contributed by atoms with Crippen molar-refractivity contribution in [1.82, 2.24) is 40.4 Å². The second-order valence-corrected chi connectivity index (χ2v) is 14.6. The van der Waals surface area contributed by atoms with Gasteiger partial charge in [0.15, 0.2) is 0 Å². The van der Waals surface area contributed by atoms with Crippen LogP contribution in [0.5, 0.6) is 0 Å². The number of nitrogens with one attached hydrogen (secondary N) is 4. The molecule has 2 aromatic heterocycles. The third-order valence-electron chi connectivity index (χ3n) is 10.6. The average Bonchev–Trinajstić information content (AvgIpc) is 4.07. The van der Waals surface area contributed by atoms with Gasteiger partial charge in [-0.25, -0.2) is 19.6 Å². The van der Waals surface area contributed by atoms with Crippen LogP contribution in [-0.2, 0) is 19.1 Å². The molecule has 57 heavy (non-hydrogen) atoms. The van der Waals surface area contributed by atoms with Crippen LogP contribution < -0.4 is 10.6 Å². The molecular weight excluding hydrogens is 725 g/mol. The fraction of sp³-hybridized carbons (Fsp3) is 0.349. The molecule has 0 radical (unpaired) electrons. The van der Waals surface area contributed by atoms with Gasteiger partial charge in [0.25, 0.3) is 5.91 Å². The van der Waals surface area contributed by atoms with E-state index in [0.29, 0.717) is 30.3 Å². The molecule has 0 saturated carbocycles. The minimum atomic E-state index is -0.886. The van der Waals surface area contributed by atoms with Gasteiger partial charge >= 0.3 is 12.2 Å². The maximum Gasteiger partial charge on any atom is 0.407 e. The standard InChI is InChI=1S/C43H46N8O6/c1-26(2)36(48-42(54)56-3)40(52)51-23-9-13-35(51)39-45-31-21-18-28(24-32(31)46-39)15-14-27-16-19-29(20-17-27)33-25-44-38(47-33)34-12-8-22-50(34)41(53)37(49-43(55)57-4)30-10-6-5-7-11-30/h5-7,10-11,16-21,24-26,34-37H,8-9,12-13,22-23H2,1-4H3,(H,44,47)(H,45,46)(H,48,54)(H,49,55)/t34-,35-,36-,37+/m0/s1. The number of ether oxygens (including phenoxy) is 2. The molecule has 0 unspecified atom stereocenters. The molecule has 4 heterocycles. The molecule has 2 fully saturated rings. The Kier molecular flexibility index (Phi) is 11.5. The van der Waals surface area contributed by atoms with Gasteiger partial charge < -0.3 is 39.9 Å². The Morgan fingerprint density at radius 3 is 2.09 bits per heavy atom. The van der Waals surface area contributed by atoms with Crippen molar-refractivity contribution < 1.29 is 28.7 Å². The highest BCUT2D eigenvalue weighted by Crippen LogP contribution is 2.35. The Hall–Kier alpha value is -6.62. The molecule has 14 nitrogen and oxygen atoms in total. The number of carbonyl (C=O) groups is 4. The van der Waals surface area contributed by atoms with Crippen LogP contribution in [0.2, 0.25) is 0 Å². The number of alkyl carbamates (subject to hydrolysis) is 2. The monoisotopic (exact) mass is 770 g/mol. The number of hydrogen-bond donors (Lipinski definition) is 4. The van der Waals surface area contributed by atoms with Gasteiger partial charge in [-0.05, 0) is 73.1 Å². The van der Waals surface area contributed by atoms with Crippen LogP contribution in [0.3, 0.4) is 0 Å². The van der Waals surface area contributed by atoms with E-state index in [1.54, 1.807) is 16.0 Å². The van der Waals surface area contributed by atoms with Crippen molar-refractivity contribution in [3.63, 3.8) is 0 Å². The van der Waals surface area contributed by atoms with Gasteiger partial charge in [0.2, 0.25) is 5.91 Å². The molecule has 3 aromatic carbocycles. The smallest absolute Gasteiger partial charge is 0.407 e. The minimum absolute atomic E-state index is 0.116. The number of H-pyrrole nitrogens is 2. The number of likely N-dealkylation sites (tertiary alicyclic amines) is 2. The highest BCUT2D eigenvalue weighted by Gasteiger charge is 2.38. The van der Waals surface area contributed by atoms with Crippen LogP contribution in [0.15, 0.2) is 79.0 Å². The molecule has 4 atom stereocenters. The van der Waals surface area contributed by atoms with Crippen molar-refractivity contribution in [1.29, 1.82) is 0 Å². The lowest BCUT2D eigenvalue weighted by atomic mass is 10.0. The van der Waals surface area contributed by atoms with Gasteiger partial charge in [-0.2, -0.15) is 0 Å². The summed E-state index contributed by atoms with van der Waals surface area (Å²) in [6, 6.07) is 20.7. The van der Waals surface area contributed by atoms with E-state index in [0.717, 1.165) is 59.1 Å². The number of rotatable bonds is 9. The average molecular weight is 771 g/mol. The second-order valence-electron chi connectivity index (χ2n) is 14.6. The van der Waals surface area contributed by atoms with Crippen LogP contribution in [0.4, 0.5) is 9.59 Å². The minimum Gasteiger partial charge on any atom is -0.453 e. The lowest BCUT2D eigenvalue weighted by molar-refractivity contribution is -0.135. The van der Waals surface area contributed by atoms with E-state index in [9.17, 15) is 19.2 Å². The maximum atomic E-state index is 13.9. The Labute approximate surface area is 330 Å². The Balaban J connectivity index is 1.02. The zero-order valence-electron chi connectivity index (χ0n) is 32.4. The van der Waals surface area contributed by atoms with Crippen LogP contribution >= 0.6 is 0 Å². The molecule has 2 aliphatic heterocycles. The summed E-state index contributed by atoms with van der Waals surface area (Å²) < 4.78 is 9.57. The quantitative estimate of drug-likeness (QED) is 0.129. The summed E-state index contributed by atoms with van der Waals surface area (Å²) in [5.74, 6) is 7.41. The van der Waals surface area contributed by atoms with Gasteiger partial charge in [-0.3, -0.25) is 9.59 Å². The molecule has 14 heteroatoms. The first kappa shape index (κ1) is 38.6. The third kappa shape index (κ3) is 8.47. The van der Waals surface area contributed by atoms with Gasteiger partial charge in [0.05, 0.1) is 49.2 Å². The molecule has 0 aliphatic carbocycles. The third-order valence-corrected chi connectivity index (χ3v) is 10.6. The number of methoxy groups -OCH3 is 2. The molecule has 4 amide bonds. The first-order chi connectivity index (χ1) is 27.6. The molecule has 2 aliphatic rings. The Morgan fingerprint density at radius 2 is 1.40 bits per heavy atom. The summed E-state index contributed by atoms with van der Waals surface area (Å²) in [5, 5.41) is 5.39. The number of aromatic amines is 2. The zero-order chi connectivity index (χ0) is 40.1. The van der Waals surface area contributed by atoms with Gasteiger partial charge in [0.1, 0.15) is 23.7 Å². The lowest BCUT2D eigenvalue weighted by Crippen LogP contribution is -2.51. The van der Waals surface area contributed by atoms with Crippen LogP contribution in [-0.4, -0.2) is 87.1 Å². The van der Waals surface area contributed by atoms with E-state index in [2.05, 4.69) is 37.4 Å². The van der Waals surface area contributed by atoms with E-state index in [-0.39, 0.29) is 29.8 Å². The Morgan fingerprint density at radius 1 is 0.772 bits per heavy atom. The molecule has 0 spiro atoms. The molecule has 2 saturated heterocycles. The van der Waals surface area contributed by atoms with E-state index in [1.165, 1.54) is 14.2 Å². The summed E-state index contributed by atoms with van der Waals surface area (Å²) in [7, 11) is 2.56. The van der Waals surface area contributed by atoms with E-state index in [1.807, 2.05) is 86.6 Å². The van der Waals surface area contributed by atoms with Crippen molar-refractivity contribution in [2.24, 2.45) is 5.92 Å². The molecule has 5 aromatic rings. The van der Waals surface area contributed by atoms with Crippen LogP contribution in [0.1, 0.15) is 86.0 Å². The summed E-state index contributed by atoms with van der Waals surface area (Å²) >= 11 is 0. The van der Waals surface area contributed by atoms with Gasteiger partial charge in [-0.1, -0.05) is 68.2 Å². The molecule has 0 bridgehead atoms. The zero-order valence-corrected chi connectivity index (χ0v) is 32.4. The number of hydrogen-bond acceptors (Lipinski definition) is 8. The number of fused-ring (bicyclic) bond motifs is 1. The number of carbonyl (C=O) groups excluding carboxylic acids is 4. The second kappa shape index (κ2) is 17.0. The lowest BCUT2D eigenvalue weighted by Gasteiger charge is -2.29. The topological polar surface area (TPSA) is 175 Å². The van der Waals surface area contributed by atoms with E-state index < -0.39 is 24.3 Å². The first-order valence-corrected chi connectivity index (χ1v) is 19.2. The molecule has 7 rings (SSSR count). The van der Waals surface area contributed by atoms with E-state index in [4.69, 9.17) is 14.5 Å². The van der Waals surface area contributed by atoms with Gasteiger partial charge in [0, 0.05) is 24.2 Å². The van der Waals surface area contributed by atoms with Crippen molar-refractivity contribution in [2.75, 3.05) is 27.3 Å². The van der Waals surface area contributed by atoms with Crippen LogP contribution in [0.25, 0.3) is 22.3 Å². The summed E-state index contributed by atoms with van der Waals surface area (Å²) in [6.07, 6.45) is 3.62. The number of aromatic nitrogens is 4. The highest BCUT2D eigenvalue weighted by atomic mass is 16.5. The summed E-state index contributed by atoms with van der Waals surface area (Å²) in [6.45, 7) is 4.91. The number of benzene rings is 3. The number of nitrogens with zero attached hydrogens (tertiary/aromatic N) is 4. The predicted octanol–water partition coefficient (Wildman–Crippen LogP) is 6.16.